The molecular weight excluding hydrogens is 366 g/mol. The molecule has 0 spiro atoms. The molecule has 1 N–H and O–H groups in total. The van der Waals surface area contributed by atoms with E-state index in [9.17, 15) is 13.2 Å². The molecule has 2 aromatic rings. The number of rotatable bonds is 5. The van der Waals surface area contributed by atoms with Gasteiger partial charge in [-0.05, 0) is 36.8 Å². The van der Waals surface area contributed by atoms with Gasteiger partial charge < -0.3 is 10.1 Å². The van der Waals surface area contributed by atoms with Gasteiger partial charge in [0.25, 0.3) is 5.91 Å². The maximum Gasteiger partial charge on any atom is 0.344 e. The molecular formula is C19H19N3O4S. The van der Waals surface area contributed by atoms with E-state index in [1.165, 1.54) is 13.1 Å². The number of carbonyl (C=O) groups excluding carboxylic acids is 1. The van der Waals surface area contributed by atoms with Gasteiger partial charge in [0.2, 0.25) is 0 Å². The summed E-state index contributed by atoms with van der Waals surface area (Å²) in [6.45, 7) is 1.56. The highest BCUT2D eigenvalue weighted by Crippen LogP contribution is 2.21. The largest absolute Gasteiger partial charge is 0.497 e. The number of nitrogens with one attached hydrogen (secondary N) is 1. The van der Waals surface area contributed by atoms with Crippen molar-refractivity contribution in [3.05, 3.63) is 71.9 Å². The standard InChI is InChI=1S/C19H19N3O4S/c1-14-18(19(23)20-16-6-4-3-5-7-16)13-22(27(24,25)21-14)12-15-8-10-17(26-2)11-9-15/h3-11,13H,12H2,1-2H3,(H,20,23). The topological polar surface area (TPSA) is 88.1 Å². The van der Waals surface area contributed by atoms with Crippen molar-refractivity contribution in [3.8, 4) is 5.75 Å². The quantitative estimate of drug-likeness (QED) is 0.857. The first-order chi connectivity index (χ1) is 12.9. The zero-order valence-corrected chi connectivity index (χ0v) is 15.7. The average Bonchev–Trinajstić information content (AvgIpc) is 2.64. The van der Waals surface area contributed by atoms with E-state index in [1.807, 2.05) is 6.07 Å². The third-order valence-electron chi connectivity index (χ3n) is 3.99. The van der Waals surface area contributed by atoms with E-state index in [0.29, 0.717) is 11.4 Å². The van der Waals surface area contributed by atoms with Crippen molar-refractivity contribution in [2.45, 2.75) is 13.5 Å². The van der Waals surface area contributed by atoms with Gasteiger partial charge in [0.15, 0.2) is 0 Å². The first kappa shape index (κ1) is 18.7. The zero-order chi connectivity index (χ0) is 19.4. The van der Waals surface area contributed by atoms with Gasteiger partial charge in [0.1, 0.15) is 5.75 Å². The second-order valence-electron chi connectivity index (χ2n) is 5.91. The second kappa shape index (κ2) is 7.63. The van der Waals surface area contributed by atoms with Crippen LogP contribution in [0.3, 0.4) is 0 Å². The second-order valence-corrected chi connectivity index (χ2v) is 7.46. The van der Waals surface area contributed by atoms with E-state index in [0.717, 1.165) is 9.87 Å². The highest BCUT2D eigenvalue weighted by Gasteiger charge is 2.28. The lowest BCUT2D eigenvalue weighted by molar-refractivity contribution is -0.112. The third kappa shape index (κ3) is 4.35. The maximum atomic E-state index is 12.6. The number of amides is 1. The lowest BCUT2D eigenvalue weighted by atomic mass is 10.1. The van der Waals surface area contributed by atoms with E-state index in [2.05, 4.69) is 9.71 Å². The third-order valence-corrected chi connectivity index (χ3v) is 5.32. The molecule has 7 nitrogen and oxygen atoms in total. The van der Waals surface area contributed by atoms with E-state index in [4.69, 9.17) is 4.74 Å². The molecule has 1 aliphatic rings. The molecule has 1 amide bonds. The van der Waals surface area contributed by atoms with Crippen LogP contribution in [0.2, 0.25) is 0 Å². The number of nitrogens with zero attached hydrogens (tertiary/aromatic N) is 2. The van der Waals surface area contributed by atoms with Crippen LogP contribution in [0.5, 0.6) is 5.75 Å². The summed E-state index contributed by atoms with van der Waals surface area (Å²) in [6.07, 6.45) is 1.32. The van der Waals surface area contributed by atoms with Crippen molar-refractivity contribution < 1.29 is 17.9 Å². The Bertz CT molecular complexity index is 997. The Morgan fingerprint density at radius 2 is 1.78 bits per heavy atom. The molecule has 8 heteroatoms. The van der Waals surface area contributed by atoms with E-state index >= 15 is 0 Å². The number of hydrogen-bond donors (Lipinski definition) is 1. The van der Waals surface area contributed by atoms with Gasteiger partial charge in [-0.25, -0.2) is 0 Å². The number of anilines is 1. The highest BCUT2D eigenvalue weighted by molar-refractivity contribution is 7.88. The molecule has 0 aromatic heterocycles. The summed E-state index contributed by atoms with van der Waals surface area (Å²) in [5.74, 6) is 0.254. The SMILES string of the molecule is COc1ccc(CN2C=C(C(=O)Nc3ccccc3)C(C)=NS2(=O)=O)cc1. The van der Waals surface area contributed by atoms with Gasteiger partial charge in [-0.1, -0.05) is 30.3 Å². The molecule has 0 saturated carbocycles. The summed E-state index contributed by atoms with van der Waals surface area (Å²) >= 11 is 0. The van der Waals surface area contributed by atoms with Crippen LogP contribution in [-0.2, 0) is 21.5 Å². The summed E-state index contributed by atoms with van der Waals surface area (Å²) in [6, 6.07) is 15.9. The van der Waals surface area contributed by atoms with Crippen molar-refractivity contribution in [1.29, 1.82) is 0 Å². The number of benzene rings is 2. The summed E-state index contributed by atoms with van der Waals surface area (Å²) in [4.78, 5) is 12.6. The van der Waals surface area contributed by atoms with Crippen molar-refractivity contribution in [2.75, 3.05) is 12.4 Å². The molecule has 0 fully saturated rings. The number of ether oxygens (including phenoxy) is 1. The Kier molecular flexibility index (Phi) is 5.27. The highest BCUT2D eigenvalue weighted by atomic mass is 32.2. The van der Waals surface area contributed by atoms with Crippen LogP contribution in [0.15, 0.2) is 70.8 Å². The summed E-state index contributed by atoms with van der Waals surface area (Å²) in [5.41, 5.74) is 1.70. The molecule has 0 saturated heterocycles. The molecule has 140 valence electrons. The fourth-order valence-corrected chi connectivity index (χ4v) is 3.66. The Morgan fingerprint density at radius 1 is 1.11 bits per heavy atom. The molecule has 0 aliphatic carbocycles. The molecule has 3 rings (SSSR count). The van der Waals surface area contributed by atoms with Gasteiger partial charge >= 0.3 is 10.2 Å². The molecule has 0 atom stereocenters. The number of para-hydroxylation sites is 1. The minimum Gasteiger partial charge on any atom is -0.497 e. The van der Waals surface area contributed by atoms with Crippen LogP contribution in [0.1, 0.15) is 12.5 Å². The van der Waals surface area contributed by atoms with Crippen molar-refractivity contribution >= 4 is 27.5 Å². The van der Waals surface area contributed by atoms with Gasteiger partial charge in [-0.2, -0.15) is 8.42 Å². The van der Waals surface area contributed by atoms with Crippen molar-refractivity contribution in [1.82, 2.24) is 4.31 Å². The molecule has 0 unspecified atom stereocenters. The zero-order valence-electron chi connectivity index (χ0n) is 14.9. The van der Waals surface area contributed by atoms with Crippen LogP contribution in [0.25, 0.3) is 0 Å². The van der Waals surface area contributed by atoms with E-state index in [-0.39, 0.29) is 17.8 Å². The Balaban J connectivity index is 1.84. The number of hydrogen-bond acceptors (Lipinski definition) is 4. The van der Waals surface area contributed by atoms with Crippen LogP contribution >= 0.6 is 0 Å². The average molecular weight is 385 g/mol. The van der Waals surface area contributed by atoms with Crippen molar-refractivity contribution in [3.63, 3.8) is 0 Å². The summed E-state index contributed by atoms with van der Waals surface area (Å²) < 4.78 is 34.7. The first-order valence-electron chi connectivity index (χ1n) is 8.19. The monoisotopic (exact) mass is 385 g/mol. The molecule has 0 bridgehead atoms. The van der Waals surface area contributed by atoms with E-state index in [1.54, 1.807) is 55.6 Å². The summed E-state index contributed by atoms with van der Waals surface area (Å²) in [7, 11) is -2.33. The van der Waals surface area contributed by atoms with Gasteiger partial charge in [-0.15, -0.1) is 4.40 Å². The molecule has 1 aliphatic heterocycles. The Labute approximate surface area is 158 Å². The van der Waals surface area contributed by atoms with Gasteiger partial charge in [0, 0.05) is 11.9 Å². The summed E-state index contributed by atoms with van der Waals surface area (Å²) in [5, 5.41) is 2.74. The molecule has 2 aromatic carbocycles. The first-order valence-corrected chi connectivity index (χ1v) is 9.58. The fraction of sp³-hybridized carbons (Fsp3) is 0.158. The van der Waals surface area contributed by atoms with Crippen LogP contribution in [0.4, 0.5) is 5.69 Å². The van der Waals surface area contributed by atoms with Gasteiger partial charge in [0.05, 0.1) is 24.9 Å². The molecule has 1 heterocycles. The number of methoxy groups -OCH3 is 1. The van der Waals surface area contributed by atoms with Crippen LogP contribution in [-0.4, -0.2) is 31.5 Å². The van der Waals surface area contributed by atoms with E-state index < -0.39 is 16.1 Å². The van der Waals surface area contributed by atoms with Crippen LogP contribution < -0.4 is 10.1 Å². The van der Waals surface area contributed by atoms with Gasteiger partial charge in [-0.3, -0.25) is 9.10 Å². The molecule has 27 heavy (non-hydrogen) atoms. The minimum absolute atomic E-state index is 0.0607. The lowest BCUT2D eigenvalue weighted by Crippen LogP contribution is -2.32. The normalized spacial score (nSPS) is 15.6. The minimum atomic E-state index is -3.89. The number of carbonyl (C=O) groups is 1. The lowest BCUT2D eigenvalue weighted by Gasteiger charge is -2.23. The van der Waals surface area contributed by atoms with Crippen LogP contribution in [0, 0.1) is 0 Å². The fourth-order valence-electron chi connectivity index (χ4n) is 2.56. The maximum absolute atomic E-state index is 12.6. The smallest absolute Gasteiger partial charge is 0.344 e. The molecule has 0 radical (unpaired) electrons. The Hall–Kier alpha value is -3.13. The Morgan fingerprint density at radius 3 is 2.41 bits per heavy atom. The predicted molar refractivity (Wildman–Crippen MR) is 104 cm³/mol. The van der Waals surface area contributed by atoms with Crippen molar-refractivity contribution in [2.24, 2.45) is 4.40 Å². The predicted octanol–water partition coefficient (Wildman–Crippen LogP) is 2.74.